The molecular weight excluding hydrogens is 733 g/mol. The van der Waals surface area contributed by atoms with Gasteiger partial charge in [0.25, 0.3) is 0 Å². The van der Waals surface area contributed by atoms with Crippen LogP contribution in [0.3, 0.4) is 0 Å². The zero-order valence-corrected chi connectivity index (χ0v) is 35.2. The maximum absolute atomic E-state index is 13.3. The van der Waals surface area contributed by atoms with Crippen molar-refractivity contribution in [1.82, 2.24) is 29.5 Å². The number of anilines is 2. The SMILES string of the molecule is CCOC(=O)c1nc(N(C)c2cc(C)c(N=c3sc4ccccc4n3COCC[Si](C)(C)C)nn2)sc1-c1cnn(CC23CC4CC(CC(C4)C2)C3)c1C. The lowest BCUT2D eigenvalue weighted by molar-refractivity contribution is -0.0638. The second-order valence-electron chi connectivity index (χ2n) is 17.1. The lowest BCUT2D eigenvalue weighted by atomic mass is 9.49. The summed E-state index contributed by atoms with van der Waals surface area (Å²) in [5, 5.41) is 14.7. The van der Waals surface area contributed by atoms with Crippen molar-refractivity contribution in [3.63, 3.8) is 0 Å². The second-order valence-corrected chi connectivity index (χ2v) is 24.7. The first-order valence-corrected chi connectivity index (χ1v) is 24.7. The summed E-state index contributed by atoms with van der Waals surface area (Å²) in [4.78, 5) is 26.6. The molecule has 4 bridgehead atoms. The van der Waals surface area contributed by atoms with Gasteiger partial charge in [0.2, 0.25) is 0 Å². The minimum absolute atomic E-state index is 0.269. The van der Waals surface area contributed by atoms with Crippen LogP contribution in [0.15, 0.2) is 41.5 Å². The number of aryl methyl sites for hydroxylation is 1. The minimum atomic E-state index is -1.21. The summed E-state index contributed by atoms with van der Waals surface area (Å²) < 4.78 is 17.1. The highest BCUT2D eigenvalue weighted by molar-refractivity contribution is 7.19. The molecule has 5 aromatic rings. The molecule has 0 spiro atoms. The van der Waals surface area contributed by atoms with Crippen LogP contribution in [-0.4, -0.2) is 63.8 Å². The molecule has 286 valence electrons. The number of thiazole rings is 2. The monoisotopic (exact) mass is 784 g/mol. The molecule has 54 heavy (non-hydrogen) atoms. The largest absolute Gasteiger partial charge is 0.461 e. The minimum Gasteiger partial charge on any atom is -0.461 e. The highest BCUT2D eigenvalue weighted by Gasteiger charge is 2.51. The highest BCUT2D eigenvalue weighted by atomic mass is 32.1. The van der Waals surface area contributed by atoms with E-state index < -0.39 is 14.0 Å². The molecule has 4 fully saturated rings. The van der Waals surface area contributed by atoms with E-state index in [1.807, 2.05) is 50.2 Å². The Morgan fingerprint density at radius 1 is 1.06 bits per heavy atom. The molecule has 0 N–H and O–H groups in total. The summed E-state index contributed by atoms with van der Waals surface area (Å²) in [6.45, 7) is 15.4. The topological polar surface area (TPSA) is 113 Å². The van der Waals surface area contributed by atoms with Gasteiger partial charge in [-0.1, -0.05) is 54.4 Å². The van der Waals surface area contributed by atoms with E-state index in [4.69, 9.17) is 24.5 Å². The maximum Gasteiger partial charge on any atom is 0.358 e. The number of aromatic nitrogens is 6. The van der Waals surface area contributed by atoms with Crippen LogP contribution in [0, 0.1) is 37.0 Å². The molecule has 4 aromatic heterocycles. The van der Waals surface area contributed by atoms with Gasteiger partial charge >= 0.3 is 5.97 Å². The van der Waals surface area contributed by atoms with E-state index >= 15 is 0 Å². The van der Waals surface area contributed by atoms with Crippen LogP contribution in [0.4, 0.5) is 16.8 Å². The summed E-state index contributed by atoms with van der Waals surface area (Å²) in [7, 11) is 0.696. The lowest BCUT2D eigenvalue weighted by Crippen LogP contribution is -2.48. The van der Waals surface area contributed by atoms with E-state index in [0.29, 0.717) is 34.6 Å². The molecule has 0 saturated heterocycles. The molecule has 4 saturated carbocycles. The van der Waals surface area contributed by atoms with Crippen LogP contribution >= 0.6 is 22.7 Å². The molecule has 1 aromatic carbocycles. The first-order valence-electron chi connectivity index (χ1n) is 19.4. The predicted molar refractivity (Wildman–Crippen MR) is 219 cm³/mol. The Kier molecular flexibility index (Phi) is 10.2. The van der Waals surface area contributed by atoms with Crippen molar-refractivity contribution in [2.75, 3.05) is 25.2 Å². The van der Waals surface area contributed by atoms with Gasteiger partial charge in [0, 0.05) is 39.5 Å². The fraction of sp³-hybridized carbons (Fsp3) is 0.550. The van der Waals surface area contributed by atoms with Crippen molar-refractivity contribution in [3.8, 4) is 10.4 Å². The van der Waals surface area contributed by atoms with Gasteiger partial charge < -0.3 is 14.4 Å². The number of fused-ring (bicyclic) bond motifs is 1. The molecule has 0 atom stereocenters. The van der Waals surface area contributed by atoms with Gasteiger partial charge in [-0.2, -0.15) is 10.1 Å². The zero-order chi connectivity index (χ0) is 37.8. The number of esters is 1. The van der Waals surface area contributed by atoms with Crippen molar-refractivity contribution in [2.24, 2.45) is 28.2 Å². The number of rotatable bonds is 13. The van der Waals surface area contributed by atoms with Crippen LogP contribution in [0.5, 0.6) is 0 Å². The van der Waals surface area contributed by atoms with Crippen LogP contribution < -0.4 is 9.70 Å². The average molecular weight is 785 g/mol. The van der Waals surface area contributed by atoms with E-state index in [0.717, 1.165) is 73.7 Å². The molecular formula is C40H52N8O3S2Si. The number of carbonyl (C=O) groups is 1. The van der Waals surface area contributed by atoms with E-state index in [9.17, 15) is 4.79 Å². The number of benzene rings is 1. The van der Waals surface area contributed by atoms with Gasteiger partial charge in [0.05, 0.1) is 27.9 Å². The Morgan fingerprint density at radius 3 is 2.46 bits per heavy atom. The molecule has 4 aliphatic rings. The molecule has 0 unspecified atom stereocenters. The Bertz CT molecular complexity index is 2210. The third-order valence-corrected chi connectivity index (χ3v) is 15.6. The Hall–Kier alpha value is -3.72. The lowest BCUT2D eigenvalue weighted by Gasteiger charge is -2.56. The van der Waals surface area contributed by atoms with Crippen molar-refractivity contribution >= 4 is 63.7 Å². The standard InChI is InChI=1S/C40H52N8O3S2Si/c1-8-51-37(49)34-35(30-22-41-48(26(30)3)23-40-19-27-16-28(20-40)18-29(17-27)21-40)53-38(42-34)46(4)33-15-25(2)36(45-44-33)43-39-47(24-50-13-14-54(5,6)7)31-11-9-10-12-32(31)52-39/h9-12,15,22,27-29H,8,13-14,16-21,23-24H2,1-7H3. The molecule has 9 rings (SSSR count). The van der Waals surface area contributed by atoms with Crippen molar-refractivity contribution in [3.05, 3.63) is 58.3 Å². The first-order chi connectivity index (χ1) is 25.9. The summed E-state index contributed by atoms with van der Waals surface area (Å²) >= 11 is 3.06. The number of nitrogens with zero attached hydrogens (tertiary/aromatic N) is 8. The summed E-state index contributed by atoms with van der Waals surface area (Å²) in [5.74, 6) is 3.36. The summed E-state index contributed by atoms with van der Waals surface area (Å²) in [6, 6.07) is 11.4. The fourth-order valence-corrected chi connectivity index (χ4v) is 12.2. The number of hydrogen-bond acceptors (Lipinski definition) is 11. The van der Waals surface area contributed by atoms with Gasteiger partial charge in [-0.25, -0.2) is 9.78 Å². The van der Waals surface area contributed by atoms with E-state index in [2.05, 4.69) is 58.1 Å². The highest BCUT2D eigenvalue weighted by Crippen LogP contribution is 2.60. The van der Waals surface area contributed by atoms with E-state index in [1.165, 1.54) is 49.9 Å². The zero-order valence-electron chi connectivity index (χ0n) is 32.6. The average Bonchev–Trinajstić information content (AvgIpc) is 3.81. The quantitative estimate of drug-likeness (QED) is 0.0661. The maximum atomic E-state index is 13.3. The molecule has 4 aliphatic carbocycles. The Morgan fingerprint density at radius 2 is 1.78 bits per heavy atom. The molecule has 11 nitrogen and oxygen atoms in total. The molecule has 0 radical (unpaired) electrons. The van der Waals surface area contributed by atoms with Gasteiger partial charge in [-0.05, 0) is 112 Å². The Balaban J connectivity index is 1.06. The number of carbonyl (C=O) groups excluding carboxylic acids is 1. The number of ether oxygens (including phenoxy) is 2. The van der Waals surface area contributed by atoms with Crippen LogP contribution in [0.2, 0.25) is 25.7 Å². The third kappa shape index (κ3) is 7.46. The van der Waals surface area contributed by atoms with E-state index in [-0.39, 0.29) is 6.61 Å². The third-order valence-electron chi connectivity index (χ3n) is 11.7. The van der Waals surface area contributed by atoms with Gasteiger partial charge in [-0.3, -0.25) is 9.25 Å². The van der Waals surface area contributed by atoms with Gasteiger partial charge in [0.1, 0.15) is 6.73 Å². The smallest absolute Gasteiger partial charge is 0.358 e. The van der Waals surface area contributed by atoms with Crippen molar-refractivity contribution < 1.29 is 14.3 Å². The molecule has 0 amide bonds. The van der Waals surface area contributed by atoms with Crippen LogP contribution in [0.25, 0.3) is 20.7 Å². The number of para-hydroxylation sites is 1. The first kappa shape index (κ1) is 37.2. The summed E-state index contributed by atoms with van der Waals surface area (Å²) in [6.07, 6.45) is 10.1. The Labute approximate surface area is 326 Å². The predicted octanol–water partition coefficient (Wildman–Crippen LogP) is 9.14. The normalized spacial score (nSPS) is 22.4. The van der Waals surface area contributed by atoms with Crippen LogP contribution in [0.1, 0.15) is 67.2 Å². The van der Waals surface area contributed by atoms with Crippen LogP contribution in [-0.2, 0) is 22.7 Å². The fourth-order valence-electron chi connectivity index (χ4n) is 9.30. The van der Waals surface area contributed by atoms with E-state index in [1.54, 1.807) is 11.3 Å². The number of hydrogen-bond donors (Lipinski definition) is 0. The van der Waals surface area contributed by atoms with Crippen molar-refractivity contribution in [1.29, 1.82) is 0 Å². The molecule has 4 heterocycles. The second kappa shape index (κ2) is 14.7. The van der Waals surface area contributed by atoms with Gasteiger partial charge in [0.15, 0.2) is 27.3 Å². The van der Waals surface area contributed by atoms with Gasteiger partial charge in [-0.15, -0.1) is 10.2 Å². The molecule has 0 aliphatic heterocycles. The summed E-state index contributed by atoms with van der Waals surface area (Å²) in [5.41, 5.74) is 4.60. The molecule has 14 heteroatoms. The van der Waals surface area contributed by atoms with Crippen molar-refractivity contribution in [2.45, 2.75) is 98.3 Å².